The minimum atomic E-state index is -3.80. The van der Waals surface area contributed by atoms with Crippen molar-refractivity contribution in [1.82, 2.24) is 4.98 Å². The van der Waals surface area contributed by atoms with Crippen LogP contribution in [0.5, 0.6) is 11.8 Å². The van der Waals surface area contributed by atoms with E-state index in [2.05, 4.69) is 4.98 Å². The number of hydrogen-bond acceptors (Lipinski definition) is 5. The maximum Gasteiger partial charge on any atom is 0.400 e. The van der Waals surface area contributed by atoms with E-state index in [0.29, 0.717) is 22.5 Å². The van der Waals surface area contributed by atoms with Gasteiger partial charge < -0.3 is 9.15 Å². The number of aromatic nitrogens is 1. The number of halogens is 1. The van der Waals surface area contributed by atoms with Gasteiger partial charge >= 0.3 is 6.08 Å². The summed E-state index contributed by atoms with van der Waals surface area (Å²) in [5.74, 6) is -0.0508. The molecule has 0 aliphatic rings. The monoisotopic (exact) mass is 398 g/mol. The van der Waals surface area contributed by atoms with Crippen LogP contribution in [0.4, 0.5) is 10.1 Å². The van der Waals surface area contributed by atoms with Gasteiger partial charge in [-0.05, 0) is 60.7 Å². The Balaban J connectivity index is 1.54. The third kappa shape index (κ3) is 3.41. The highest BCUT2D eigenvalue weighted by molar-refractivity contribution is 7.92. The number of rotatable bonds is 5. The number of para-hydroxylation sites is 2. The summed E-state index contributed by atoms with van der Waals surface area (Å²) in [5.41, 5.74) is 1.72. The van der Waals surface area contributed by atoms with Crippen molar-refractivity contribution in [3.05, 3.63) is 78.6 Å². The first-order valence-electron chi connectivity index (χ1n) is 8.31. The lowest BCUT2D eigenvalue weighted by atomic mass is 10.3. The Labute approximate surface area is 160 Å². The summed E-state index contributed by atoms with van der Waals surface area (Å²) in [5, 5.41) is 0. The molecule has 1 heterocycles. The molecular formula is C20H15FN2O4S. The van der Waals surface area contributed by atoms with E-state index in [-0.39, 0.29) is 11.0 Å². The minimum absolute atomic E-state index is 0.00296. The minimum Gasteiger partial charge on any atom is -0.411 e. The first-order chi connectivity index (χ1) is 13.4. The maximum atomic E-state index is 13.1. The lowest BCUT2D eigenvalue weighted by molar-refractivity contribution is 0.343. The highest BCUT2D eigenvalue weighted by atomic mass is 32.2. The maximum absolute atomic E-state index is 13.1. The van der Waals surface area contributed by atoms with E-state index < -0.39 is 15.8 Å². The van der Waals surface area contributed by atoms with Gasteiger partial charge in [-0.2, -0.15) is 4.98 Å². The van der Waals surface area contributed by atoms with Gasteiger partial charge in [0.1, 0.15) is 17.1 Å². The zero-order chi connectivity index (χ0) is 19.7. The largest absolute Gasteiger partial charge is 0.411 e. The molecule has 8 heteroatoms. The predicted octanol–water partition coefficient (Wildman–Crippen LogP) is 4.58. The van der Waals surface area contributed by atoms with Crippen molar-refractivity contribution < 1.29 is 22.0 Å². The number of oxazole rings is 1. The topological polar surface area (TPSA) is 72.6 Å². The first-order valence-corrected chi connectivity index (χ1v) is 9.75. The van der Waals surface area contributed by atoms with Crippen LogP contribution < -0.4 is 9.04 Å². The molecule has 0 atom stereocenters. The second kappa shape index (κ2) is 6.97. The lowest BCUT2D eigenvalue weighted by Gasteiger charge is -2.19. The van der Waals surface area contributed by atoms with E-state index in [0.717, 1.165) is 16.4 Å². The Morgan fingerprint density at radius 1 is 0.964 bits per heavy atom. The molecule has 3 aromatic carbocycles. The number of sulfonamides is 1. The molecule has 4 aromatic rings. The molecule has 0 aliphatic heterocycles. The number of anilines is 1. The zero-order valence-corrected chi connectivity index (χ0v) is 15.6. The SMILES string of the molecule is CN(c1ccc(Oc2nc3ccccc3o2)cc1)S(=O)(=O)c1ccc(F)cc1. The van der Waals surface area contributed by atoms with Crippen molar-refractivity contribution in [3.8, 4) is 11.8 Å². The fourth-order valence-corrected chi connectivity index (χ4v) is 3.82. The Kier molecular flexibility index (Phi) is 4.48. The summed E-state index contributed by atoms with van der Waals surface area (Å²) in [6.45, 7) is 0. The number of nitrogens with zero attached hydrogens (tertiary/aromatic N) is 2. The van der Waals surface area contributed by atoms with Crippen molar-refractivity contribution in [2.75, 3.05) is 11.4 Å². The molecule has 0 radical (unpaired) electrons. The summed E-state index contributed by atoms with van der Waals surface area (Å²) in [4.78, 5) is 4.23. The van der Waals surface area contributed by atoms with Gasteiger partial charge in [0.15, 0.2) is 5.58 Å². The number of hydrogen-bond donors (Lipinski definition) is 0. The van der Waals surface area contributed by atoms with Gasteiger partial charge in [0.2, 0.25) is 0 Å². The Morgan fingerprint density at radius 3 is 2.32 bits per heavy atom. The zero-order valence-electron chi connectivity index (χ0n) is 14.7. The molecule has 1 aromatic heterocycles. The van der Waals surface area contributed by atoms with Crippen molar-refractivity contribution in [1.29, 1.82) is 0 Å². The molecule has 0 spiro atoms. The molecule has 0 N–H and O–H groups in total. The average Bonchev–Trinajstić information content (AvgIpc) is 3.10. The molecule has 0 unspecified atom stereocenters. The average molecular weight is 398 g/mol. The molecule has 0 saturated carbocycles. The Morgan fingerprint density at radius 2 is 1.64 bits per heavy atom. The summed E-state index contributed by atoms with van der Waals surface area (Å²) in [6, 6.07) is 18.4. The van der Waals surface area contributed by atoms with Crippen molar-refractivity contribution >= 4 is 26.8 Å². The Bertz CT molecular complexity index is 1190. The summed E-state index contributed by atoms with van der Waals surface area (Å²) in [6.07, 6.45) is 0.0984. The van der Waals surface area contributed by atoms with E-state index in [1.807, 2.05) is 18.2 Å². The molecule has 0 fully saturated rings. The van der Waals surface area contributed by atoms with Crippen LogP contribution in [-0.2, 0) is 10.0 Å². The standard InChI is InChI=1S/C20H15FN2O4S/c1-23(28(24,25)17-12-6-14(21)7-13-17)15-8-10-16(11-9-15)26-20-22-18-4-2-3-5-19(18)27-20/h2-13H,1H3. The smallest absolute Gasteiger partial charge is 0.400 e. The molecule has 28 heavy (non-hydrogen) atoms. The number of fused-ring (bicyclic) bond motifs is 1. The third-order valence-electron chi connectivity index (χ3n) is 4.15. The number of benzene rings is 3. The fraction of sp³-hybridized carbons (Fsp3) is 0.0500. The van der Waals surface area contributed by atoms with Crippen LogP contribution in [0.2, 0.25) is 0 Å². The second-order valence-corrected chi connectivity index (χ2v) is 7.94. The van der Waals surface area contributed by atoms with Gasteiger partial charge in [-0.1, -0.05) is 12.1 Å². The van der Waals surface area contributed by atoms with Crippen LogP contribution >= 0.6 is 0 Å². The Hall–Kier alpha value is -3.39. The molecule has 0 aliphatic carbocycles. The van der Waals surface area contributed by atoms with Gasteiger partial charge in [0, 0.05) is 7.05 Å². The lowest BCUT2D eigenvalue weighted by Crippen LogP contribution is -2.26. The number of ether oxygens (including phenoxy) is 1. The van der Waals surface area contributed by atoms with Crippen LogP contribution in [-0.4, -0.2) is 20.4 Å². The quantitative estimate of drug-likeness (QED) is 0.492. The van der Waals surface area contributed by atoms with Gasteiger partial charge in [-0.25, -0.2) is 12.8 Å². The molecule has 6 nitrogen and oxygen atoms in total. The second-order valence-electron chi connectivity index (χ2n) is 5.97. The van der Waals surface area contributed by atoms with E-state index in [4.69, 9.17) is 9.15 Å². The van der Waals surface area contributed by atoms with Gasteiger partial charge in [-0.15, -0.1) is 0 Å². The molecule has 142 valence electrons. The van der Waals surface area contributed by atoms with E-state index in [9.17, 15) is 12.8 Å². The third-order valence-corrected chi connectivity index (χ3v) is 5.95. The molecular weight excluding hydrogens is 383 g/mol. The normalized spacial score (nSPS) is 11.5. The molecule has 0 bridgehead atoms. The van der Waals surface area contributed by atoms with E-state index in [1.54, 1.807) is 30.3 Å². The van der Waals surface area contributed by atoms with Gasteiger partial charge in [0.25, 0.3) is 10.0 Å². The summed E-state index contributed by atoms with van der Waals surface area (Å²) in [7, 11) is -2.38. The fourth-order valence-electron chi connectivity index (χ4n) is 2.62. The molecule has 0 saturated heterocycles. The highest BCUT2D eigenvalue weighted by Gasteiger charge is 2.21. The van der Waals surface area contributed by atoms with Crippen LogP contribution in [0.15, 0.2) is 82.1 Å². The predicted molar refractivity (Wildman–Crippen MR) is 103 cm³/mol. The van der Waals surface area contributed by atoms with E-state index >= 15 is 0 Å². The summed E-state index contributed by atoms with van der Waals surface area (Å²) >= 11 is 0. The van der Waals surface area contributed by atoms with Crippen molar-refractivity contribution in [2.24, 2.45) is 0 Å². The van der Waals surface area contributed by atoms with Crippen LogP contribution in [0.25, 0.3) is 11.1 Å². The van der Waals surface area contributed by atoms with Crippen LogP contribution in [0, 0.1) is 5.82 Å². The van der Waals surface area contributed by atoms with Crippen molar-refractivity contribution in [3.63, 3.8) is 0 Å². The first kappa shape index (κ1) is 18.0. The van der Waals surface area contributed by atoms with Gasteiger partial charge in [-0.3, -0.25) is 4.31 Å². The van der Waals surface area contributed by atoms with Crippen LogP contribution in [0.3, 0.4) is 0 Å². The van der Waals surface area contributed by atoms with Gasteiger partial charge in [0.05, 0.1) is 10.6 Å². The molecule has 0 amide bonds. The van der Waals surface area contributed by atoms with E-state index in [1.165, 1.54) is 19.2 Å². The van der Waals surface area contributed by atoms with Crippen LogP contribution in [0.1, 0.15) is 0 Å². The van der Waals surface area contributed by atoms with Crippen molar-refractivity contribution in [2.45, 2.75) is 4.90 Å². The summed E-state index contributed by atoms with van der Waals surface area (Å²) < 4.78 is 50.6. The highest BCUT2D eigenvalue weighted by Crippen LogP contribution is 2.28. The molecule has 4 rings (SSSR count).